The molecule has 0 aliphatic carbocycles. The Morgan fingerprint density at radius 2 is 1.35 bits per heavy atom. The molecule has 212 valence electrons. The van der Waals surface area contributed by atoms with Gasteiger partial charge in [-0.25, -0.2) is 8.42 Å². The molecule has 40 heavy (non-hydrogen) atoms. The van der Waals surface area contributed by atoms with E-state index in [2.05, 4.69) is 53.4 Å². The molecule has 1 amide bonds. The van der Waals surface area contributed by atoms with Gasteiger partial charge in [0.1, 0.15) is 16.4 Å². The summed E-state index contributed by atoms with van der Waals surface area (Å²) in [5.41, 5.74) is 2.49. The van der Waals surface area contributed by atoms with Crippen molar-refractivity contribution < 1.29 is 22.7 Å². The van der Waals surface area contributed by atoms with Gasteiger partial charge in [0.15, 0.2) is 0 Å². The molecule has 2 saturated heterocycles. The standard InChI is InChI=1S/C31H37N3O5S/c1-38-27-13-14-28(39-2)29(23-27)40(36,37)34-17-15-26(16-18-34)31(35)33-21-19-32(20-22-33)30(24-9-5-3-6-10-24)25-11-7-4-8-12-25/h3-14,23,26,30H,15-22H2,1-2H3. The fraction of sp³-hybridized carbons (Fsp3) is 0.387. The molecule has 8 nitrogen and oxygen atoms in total. The zero-order chi connectivity index (χ0) is 28.1. The van der Waals surface area contributed by atoms with E-state index >= 15 is 0 Å². The summed E-state index contributed by atoms with van der Waals surface area (Å²) >= 11 is 0. The van der Waals surface area contributed by atoms with Crippen LogP contribution in [-0.2, 0) is 14.8 Å². The van der Waals surface area contributed by atoms with Crippen LogP contribution in [0.2, 0.25) is 0 Å². The number of piperidine rings is 1. The summed E-state index contributed by atoms with van der Waals surface area (Å²) in [6.45, 7) is 3.47. The molecule has 0 bridgehead atoms. The SMILES string of the molecule is COc1ccc(OC)c(S(=O)(=O)N2CCC(C(=O)N3CCN(C(c4ccccc4)c4ccccc4)CC3)CC2)c1. The molecular weight excluding hydrogens is 526 g/mol. The lowest BCUT2D eigenvalue weighted by Gasteiger charge is -2.41. The number of hydrogen-bond donors (Lipinski definition) is 0. The number of ether oxygens (including phenoxy) is 2. The van der Waals surface area contributed by atoms with Crippen LogP contribution in [0.4, 0.5) is 0 Å². The molecule has 0 spiro atoms. The number of nitrogens with zero attached hydrogens (tertiary/aromatic N) is 3. The van der Waals surface area contributed by atoms with Crippen molar-refractivity contribution in [2.45, 2.75) is 23.8 Å². The highest BCUT2D eigenvalue weighted by molar-refractivity contribution is 7.89. The predicted octanol–water partition coefficient (Wildman–Crippen LogP) is 4.04. The number of rotatable bonds is 8. The van der Waals surface area contributed by atoms with Crippen LogP contribution >= 0.6 is 0 Å². The Labute approximate surface area is 237 Å². The Morgan fingerprint density at radius 3 is 1.88 bits per heavy atom. The summed E-state index contributed by atoms with van der Waals surface area (Å²) in [5, 5.41) is 0. The first-order valence-electron chi connectivity index (χ1n) is 13.8. The first kappa shape index (κ1) is 28.1. The van der Waals surface area contributed by atoms with E-state index in [9.17, 15) is 13.2 Å². The van der Waals surface area contributed by atoms with E-state index in [1.54, 1.807) is 12.1 Å². The van der Waals surface area contributed by atoms with Crippen LogP contribution in [0.1, 0.15) is 30.0 Å². The molecule has 9 heteroatoms. The normalized spacial score (nSPS) is 17.6. The van der Waals surface area contributed by atoms with Crippen molar-refractivity contribution in [2.75, 3.05) is 53.5 Å². The maximum atomic E-state index is 13.5. The Balaban J connectivity index is 1.21. The predicted molar refractivity (Wildman–Crippen MR) is 154 cm³/mol. The maximum absolute atomic E-state index is 13.5. The smallest absolute Gasteiger partial charge is 0.246 e. The molecule has 3 aromatic carbocycles. The van der Waals surface area contributed by atoms with Crippen LogP contribution in [0.3, 0.4) is 0 Å². The second-order valence-electron chi connectivity index (χ2n) is 10.3. The van der Waals surface area contributed by atoms with Crippen LogP contribution in [-0.4, -0.2) is 81.9 Å². The summed E-state index contributed by atoms with van der Waals surface area (Å²) in [6.07, 6.45) is 1.00. The number of methoxy groups -OCH3 is 2. The minimum Gasteiger partial charge on any atom is -0.497 e. The summed E-state index contributed by atoms with van der Waals surface area (Å²) in [6, 6.07) is 25.9. The lowest BCUT2D eigenvalue weighted by molar-refractivity contribution is -0.138. The molecular formula is C31H37N3O5S. The molecule has 3 aromatic rings. The van der Waals surface area contributed by atoms with E-state index in [-0.39, 0.29) is 28.5 Å². The number of carbonyl (C=O) groups is 1. The molecule has 0 saturated carbocycles. The largest absolute Gasteiger partial charge is 0.497 e. The van der Waals surface area contributed by atoms with Crippen LogP contribution in [0.25, 0.3) is 0 Å². The molecule has 2 aliphatic heterocycles. The Morgan fingerprint density at radius 1 is 0.775 bits per heavy atom. The summed E-state index contributed by atoms with van der Waals surface area (Å²) < 4.78 is 38.9. The fourth-order valence-corrected chi connectivity index (χ4v) is 7.45. The molecule has 2 aliphatic rings. The first-order valence-corrected chi connectivity index (χ1v) is 15.2. The van der Waals surface area contributed by atoms with Gasteiger partial charge >= 0.3 is 0 Å². The van der Waals surface area contributed by atoms with Gasteiger partial charge in [0, 0.05) is 51.3 Å². The molecule has 0 unspecified atom stereocenters. The number of benzene rings is 3. The zero-order valence-electron chi connectivity index (χ0n) is 23.1. The van der Waals surface area contributed by atoms with Crippen LogP contribution in [0.15, 0.2) is 83.8 Å². The van der Waals surface area contributed by atoms with Gasteiger partial charge in [0.05, 0.1) is 20.3 Å². The van der Waals surface area contributed by atoms with Crippen LogP contribution in [0, 0.1) is 5.92 Å². The van der Waals surface area contributed by atoms with Crippen molar-refractivity contribution in [1.82, 2.24) is 14.1 Å². The molecule has 0 atom stereocenters. The average Bonchev–Trinajstić information content (AvgIpc) is 3.02. The molecule has 0 radical (unpaired) electrons. The Kier molecular flexibility index (Phi) is 8.73. The van der Waals surface area contributed by atoms with Crippen molar-refractivity contribution in [3.05, 3.63) is 90.0 Å². The van der Waals surface area contributed by atoms with Gasteiger partial charge in [-0.3, -0.25) is 9.69 Å². The van der Waals surface area contributed by atoms with Crippen molar-refractivity contribution in [2.24, 2.45) is 5.92 Å². The van der Waals surface area contributed by atoms with Gasteiger partial charge < -0.3 is 14.4 Å². The van der Waals surface area contributed by atoms with Gasteiger partial charge in [0.25, 0.3) is 0 Å². The number of amides is 1. The van der Waals surface area contributed by atoms with Crippen molar-refractivity contribution in [3.63, 3.8) is 0 Å². The third kappa shape index (κ3) is 5.87. The van der Waals surface area contributed by atoms with Crippen LogP contribution in [0.5, 0.6) is 11.5 Å². The highest BCUT2D eigenvalue weighted by Gasteiger charge is 2.36. The summed E-state index contributed by atoms with van der Waals surface area (Å²) in [4.78, 5) is 18.0. The topological polar surface area (TPSA) is 79.4 Å². The number of carbonyl (C=O) groups excluding carboxylic acids is 1. The van der Waals surface area contributed by atoms with Crippen LogP contribution < -0.4 is 9.47 Å². The zero-order valence-corrected chi connectivity index (χ0v) is 23.9. The lowest BCUT2D eigenvalue weighted by atomic mass is 9.95. The molecule has 0 aromatic heterocycles. The van der Waals surface area contributed by atoms with E-state index in [1.807, 2.05) is 17.0 Å². The van der Waals surface area contributed by atoms with Gasteiger partial charge in [-0.15, -0.1) is 0 Å². The highest BCUT2D eigenvalue weighted by atomic mass is 32.2. The third-order valence-corrected chi connectivity index (χ3v) is 9.93. The van der Waals surface area contributed by atoms with Gasteiger partial charge in [-0.1, -0.05) is 60.7 Å². The average molecular weight is 564 g/mol. The number of sulfonamides is 1. The minimum absolute atomic E-state index is 0.0848. The van der Waals surface area contributed by atoms with Crippen molar-refractivity contribution >= 4 is 15.9 Å². The highest BCUT2D eigenvalue weighted by Crippen LogP contribution is 2.34. The minimum atomic E-state index is -3.78. The number of hydrogen-bond acceptors (Lipinski definition) is 6. The Hall–Kier alpha value is -3.40. The maximum Gasteiger partial charge on any atom is 0.246 e. The quantitative estimate of drug-likeness (QED) is 0.412. The van der Waals surface area contributed by atoms with E-state index in [0.717, 1.165) is 13.1 Å². The summed E-state index contributed by atoms with van der Waals surface area (Å²) in [7, 11) is -0.834. The van der Waals surface area contributed by atoms with Gasteiger partial charge in [-0.05, 0) is 36.1 Å². The van der Waals surface area contributed by atoms with E-state index in [0.29, 0.717) is 44.8 Å². The Bertz CT molecular complexity index is 1350. The van der Waals surface area contributed by atoms with Crippen molar-refractivity contribution in [1.29, 1.82) is 0 Å². The second-order valence-corrected chi connectivity index (χ2v) is 12.2. The van der Waals surface area contributed by atoms with E-state index in [1.165, 1.54) is 35.7 Å². The fourth-order valence-electron chi connectivity index (χ4n) is 5.81. The van der Waals surface area contributed by atoms with Gasteiger partial charge in [0.2, 0.25) is 15.9 Å². The second kappa shape index (κ2) is 12.4. The van der Waals surface area contributed by atoms with Gasteiger partial charge in [-0.2, -0.15) is 4.31 Å². The molecule has 0 N–H and O–H groups in total. The first-order chi connectivity index (χ1) is 19.4. The third-order valence-electron chi connectivity index (χ3n) is 8.01. The van der Waals surface area contributed by atoms with Crippen molar-refractivity contribution in [3.8, 4) is 11.5 Å². The summed E-state index contributed by atoms with van der Waals surface area (Å²) in [5.74, 6) is 0.683. The molecule has 2 fully saturated rings. The van der Waals surface area contributed by atoms with E-state index < -0.39 is 10.0 Å². The molecule has 5 rings (SSSR count). The lowest BCUT2D eigenvalue weighted by Crippen LogP contribution is -2.52. The molecule has 2 heterocycles. The number of piperazine rings is 1. The monoisotopic (exact) mass is 563 g/mol. The van der Waals surface area contributed by atoms with E-state index in [4.69, 9.17) is 9.47 Å².